The van der Waals surface area contributed by atoms with Crippen LogP contribution in [0.1, 0.15) is 34.0 Å². The van der Waals surface area contributed by atoms with Crippen molar-refractivity contribution in [2.45, 2.75) is 31.7 Å². The molecule has 1 atom stereocenters. The molecule has 2 aromatic rings. The van der Waals surface area contributed by atoms with Crippen molar-refractivity contribution in [2.24, 2.45) is 0 Å². The second-order valence-corrected chi connectivity index (χ2v) is 6.71. The maximum atomic E-state index is 13.2. The monoisotopic (exact) mass is 430 g/mol. The smallest absolute Gasteiger partial charge is 0.355 e. The SMILES string of the molecule is CCNC(=O)C1Cc2ccccc2N1C(=O)c1cc(C(F)(F)F)cc(C(F)(F)F)c1. The molecule has 0 saturated heterocycles. The third kappa shape index (κ3) is 4.12. The number of halogens is 6. The van der Waals surface area contributed by atoms with Gasteiger partial charge in [-0.15, -0.1) is 0 Å². The molecule has 1 heterocycles. The number of alkyl halides is 6. The first kappa shape index (κ1) is 21.7. The van der Waals surface area contributed by atoms with Crippen LogP contribution in [0.4, 0.5) is 32.0 Å². The van der Waals surface area contributed by atoms with Crippen molar-refractivity contribution >= 4 is 17.5 Å². The highest BCUT2D eigenvalue weighted by Crippen LogP contribution is 2.38. The Bertz CT molecular complexity index is 952. The Labute approximate surface area is 167 Å². The molecule has 0 saturated carbocycles. The van der Waals surface area contributed by atoms with Gasteiger partial charge in [-0.2, -0.15) is 26.3 Å². The number of likely N-dealkylation sites (N-methyl/N-ethyl adjacent to an activating group) is 1. The van der Waals surface area contributed by atoms with E-state index in [4.69, 9.17) is 0 Å². The van der Waals surface area contributed by atoms with Crippen LogP contribution in [-0.2, 0) is 23.6 Å². The normalized spacial score (nSPS) is 16.4. The van der Waals surface area contributed by atoms with Gasteiger partial charge in [0.05, 0.1) is 11.1 Å². The summed E-state index contributed by atoms with van der Waals surface area (Å²) in [5.41, 5.74) is -3.14. The van der Waals surface area contributed by atoms with Gasteiger partial charge in [0.2, 0.25) is 5.91 Å². The van der Waals surface area contributed by atoms with Gasteiger partial charge in [0.15, 0.2) is 0 Å². The van der Waals surface area contributed by atoms with E-state index in [-0.39, 0.29) is 24.7 Å². The summed E-state index contributed by atoms with van der Waals surface area (Å²) in [6.07, 6.45) is -10.1. The lowest BCUT2D eigenvalue weighted by Gasteiger charge is -2.25. The predicted octanol–water partition coefficient (Wildman–Crippen LogP) is 4.43. The summed E-state index contributed by atoms with van der Waals surface area (Å²) < 4.78 is 79.0. The van der Waals surface area contributed by atoms with Crippen molar-refractivity contribution in [1.82, 2.24) is 5.32 Å². The van der Waals surface area contributed by atoms with Crippen LogP contribution in [-0.4, -0.2) is 24.4 Å². The van der Waals surface area contributed by atoms with Crippen LogP contribution >= 0.6 is 0 Å². The fraction of sp³-hybridized carbons (Fsp3) is 0.300. The number of fused-ring (bicyclic) bond motifs is 1. The maximum Gasteiger partial charge on any atom is 0.416 e. The standard InChI is InChI=1S/C20H16F6N2O2/c1-2-27-17(29)16-9-11-5-3-4-6-15(11)28(16)18(30)12-7-13(19(21,22)23)10-14(8-12)20(24,25)26/h3-8,10,16H,2,9H2,1H3,(H,27,29). The van der Waals surface area contributed by atoms with E-state index in [9.17, 15) is 35.9 Å². The second kappa shape index (κ2) is 7.66. The summed E-state index contributed by atoms with van der Waals surface area (Å²) in [5, 5.41) is 2.54. The number of carbonyl (C=O) groups excluding carboxylic acids is 2. The molecule has 1 unspecified atom stereocenters. The van der Waals surface area contributed by atoms with Crippen LogP contribution in [0, 0.1) is 0 Å². The van der Waals surface area contributed by atoms with Gasteiger partial charge in [0.1, 0.15) is 6.04 Å². The number of carbonyl (C=O) groups is 2. The molecule has 0 spiro atoms. The van der Waals surface area contributed by atoms with E-state index in [1.54, 1.807) is 25.1 Å². The first-order chi connectivity index (χ1) is 13.9. The number of amides is 2. The Morgan fingerprint density at radius 1 is 1.00 bits per heavy atom. The number of para-hydroxylation sites is 1. The molecule has 0 radical (unpaired) electrons. The summed E-state index contributed by atoms with van der Waals surface area (Å²) in [4.78, 5) is 26.5. The molecule has 0 aliphatic carbocycles. The molecule has 3 rings (SSSR count). The molecule has 30 heavy (non-hydrogen) atoms. The Hall–Kier alpha value is -3.04. The van der Waals surface area contributed by atoms with Crippen LogP contribution in [0.3, 0.4) is 0 Å². The Balaban J connectivity index is 2.12. The van der Waals surface area contributed by atoms with Crippen LogP contribution < -0.4 is 10.2 Å². The lowest BCUT2D eigenvalue weighted by molar-refractivity contribution is -0.143. The average molecular weight is 430 g/mol. The van der Waals surface area contributed by atoms with E-state index in [0.29, 0.717) is 17.7 Å². The zero-order chi connectivity index (χ0) is 22.3. The number of benzene rings is 2. The maximum absolute atomic E-state index is 13.2. The third-order valence-corrected chi connectivity index (χ3v) is 4.68. The molecule has 1 N–H and O–H groups in total. The van der Waals surface area contributed by atoms with Crippen LogP contribution in [0.25, 0.3) is 0 Å². The first-order valence-electron chi connectivity index (χ1n) is 8.92. The molecule has 4 nitrogen and oxygen atoms in total. The predicted molar refractivity (Wildman–Crippen MR) is 95.9 cm³/mol. The summed E-state index contributed by atoms with van der Waals surface area (Å²) in [6, 6.07) is 5.96. The number of hydrogen-bond donors (Lipinski definition) is 1. The Kier molecular flexibility index (Phi) is 5.53. The fourth-order valence-corrected chi connectivity index (χ4v) is 3.36. The van der Waals surface area contributed by atoms with Gasteiger partial charge in [-0.25, -0.2) is 0 Å². The minimum Gasteiger partial charge on any atom is -0.355 e. The molecule has 0 bridgehead atoms. The van der Waals surface area contributed by atoms with Gasteiger partial charge < -0.3 is 5.32 Å². The number of anilines is 1. The minimum atomic E-state index is -5.09. The topological polar surface area (TPSA) is 49.4 Å². The van der Waals surface area contributed by atoms with Crippen molar-refractivity contribution in [3.05, 3.63) is 64.7 Å². The van der Waals surface area contributed by atoms with Gasteiger partial charge in [0.25, 0.3) is 5.91 Å². The van der Waals surface area contributed by atoms with Gasteiger partial charge >= 0.3 is 12.4 Å². The molecular formula is C20H16F6N2O2. The van der Waals surface area contributed by atoms with Gasteiger partial charge in [0, 0.05) is 24.2 Å². The molecule has 160 valence electrons. The first-order valence-corrected chi connectivity index (χ1v) is 8.92. The van der Waals surface area contributed by atoms with E-state index in [0.717, 1.165) is 4.90 Å². The van der Waals surface area contributed by atoms with Crippen molar-refractivity contribution < 1.29 is 35.9 Å². The molecule has 1 aliphatic heterocycles. The molecule has 10 heteroatoms. The highest BCUT2D eigenvalue weighted by Gasteiger charge is 2.41. The third-order valence-electron chi connectivity index (χ3n) is 4.68. The van der Waals surface area contributed by atoms with Crippen molar-refractivity contribution in [2.75, 3.05) is 11.4 Å². The van der Waals surface area contributed by atoms with Crippen molar-refractivity contribution in [3.63, 3.8) is 0 Å². The number of nitrogens with zero attached hydrogens (tertiary/aromatic N) is 1. The summed E-state index contributed by atoms with van der Waals surface area (Å²) >= 11 is 0. The van der Waals surface area contributed by atoms with E-state index in [1.807, 2.05) is 0 Å². The molecule has 1 aliphatic rings. The minimum absolute atomic E-state index is 0.0457. The summed E-state index contributed by atoms with van der Waals surface area (Å²) in [5.74, 6) is -1.67. The van der Waals surface area contributed by atoms with Gasteiger partial charge in [-0.05, 0) is 36.8 Å². The van der Waals surface area contributed by atoms with Crippen molar-refractivity contribution in [3.8, 4) is 0 Å². The lowest BCUT2D eigenvalue weighted by atomic mass is 10.0. The largest absolute Gasteiger partial charge is 0.416 e. The average Bonchev–Trinajstić information content (AvgIpc) is 3.05. The highest BCUT2D eigenvalue weighted by atomic mass is 19.4. The van der Waals surface area contributed by atoms with Gasteiger partial charge in [-0.1, -0.05) is 18.2 Å². The second-order valence-electron chi connectivity index (χ2n) is 6.71. The zero-order valence-electron chi connectivity index (χ0n) is 15.6. The van der Waals surface area contributed by atoms with Crippen molar-refractivity contribution in [1.29, 1.82) is 0 Å². The molecule has 0 aromatic heterocycles. The van der Waals surface area contributed by atoms with E-state index < -0.39 is 46.9 Å². The van der Waals surface area contributed by atoms with Crippen LogP contribution in [0.5, 0.6) is 0 Å². The number of rotatable bonds is 3. The summed E-state index contributed by atoms with van der Waals surface area (Å²) in [6.45, 7) is 1.89. The molecule has 2 aromatic carbocycles. The Morgan fingerprint density at radius 2 is 1.57 bits per heavy atom. The van der Waals surface area contributed by atoms with E-state index in [1.165, 1.54) is 6.07 Å². The number of hydrogen-bond acceptors (Lipinski definition) is 2. The fourth-order valence-electron chi connectivity index (χ4n) is 3.36. The quantitative estimate of drug-likeness (QED) is 0.733. The van der Waals surface area contributed by atoms with E-state index >= 15 is 0 Å². The summed E-state index contributed by atoms with van der Waals surface area (Å²) in [7, 11) is 0. The zero-order valence-corrected chi connectivity index (χ0v) is 15.6. The molecule has 2 amide bonds. The number of nitrogens with one attached hydrogen (secondary N) is 1. The highest BCUT2D eigenvalue weighted by molar-refractivity contribution is 6.11. The van der Waals surface area contributed by atoms with Crippen LogP contribution in [0.2, 0.25) is 0 Å². The molecule has 0 fully saturated rings. The Morgan fingerprint density at radius 3 is 2.10 bits per heavy atom. The lowest BCUT2D eigenvalue weighted by Crippen LogP contribution is -2.48. The van der Waals surface area contributed by atoms with E-state index in [2.05, 4.69) is 5.32 Å². The van der Waals surface area contributed by atoms with Gasteiger partial charge in [-0.3, -0.25) is 14.5 Å². The van der Waals surface area contributed by atoms with Crippen LogP contribution in [0.15, 0.2) is 42.5 Å². The molecular weight excluding hydrogens is 414 g/mol.